The summed E-state index contributed by atoms with van der Waals surface area (Å²) in [5.41, 5.74) is 0.763. The maximum absolute atomic E-state index is 13.4. The van der Waals surface area contributed by atoms with Crippen molar-refractivity contribution in [3.05, 3.63) is 35.9 Å². The highest BCUT2D eigenvalue weighted by molar-refractivity contribution is 5.93. The molecule has 1 fully saturated rings. The van der Waals surface area contributed by atoms with E-state index in [9.17, 15) is 9.18 Å². The van der Waals surface area contributed by atoms with E-state index in [0.29, 0.717) is 17.1 Å². The van der Waals surface area contributed by atoms with Crippen molar-refractivity contribution in [2.75, 3.05) is 13.1 Å². The minimum atomic E-state index is -0.403. The average molecular weight is 247 g/mol. The number of carbonyl (C=O) groups is 1. The molecule has 3 heterocycles. The van der Waals surface area contributed by atoms with Crippen LogP contribution in [-0.2, 0) is 0 Å². The van der Waals surface area contributed by atoms with Gasteiger partial charge in [0.05, 0.1) is 6.20 Å². The number of amides is 1. The van der Waals surface area contributed by atoms with E-state index in [-0.39, 0.29) is 5.91 Å². The lowest BCUT2D eigenvalue weighted by Gasteiger charge is -2.38. The zero-order chi connectivity index (χ0) is 12.7. The SMILES string of the molecule is CCC1CN(C(=O)c2cccc3c(F)cnn23)C1. The number of nitrogens with zero attached hydrogens (tertiary/aromatic N) is 3. The fourth-order valence-electron chi connectivity index (χ4n) is 2.30. The predicted molar refractivity (Wildman–Crippen MR) is 64.8 cm³/mol. The largest absolute Gasteiger partial charge is 0.337 e. The molecule has 1 saturated heterocycles. The van der Waals surface area contributed by atoms with Gasteiger partial charge in [0.1, 0.15) is 11.2 Å². The van der Waals surface area contributed by atoms with Crippen LogP contribution in [0.15, 0.2) is 24.4 Å². The Kier molecular flexibility index (Phi) is 2.54. The quantitative estimate of drug-likeness (QED) is 0.813. The number of hydrogen-bond donors (Lipinski definition) is 0. The van der Waals surface area contributed by atoms with Crippen molar-refractivity contribution in [3.8, 4) is 0 Å². The minimum Gasteiger partial charge on any atom is -0.337 e. The van der Waals surface area contributed by atoms with Gasteiger partial charge in [-0.15, -0.1) is 0 Å². The van der Waals surface area contributed by atoms with Crippen molar-refractivity contribution < 1.29 is 9.18 Å². The fraction of sp³-hybridized carbons (Fsp3) is 0.385. The maximum atomic E-state index is 13.4. The molecule has 0 N–H and O–H groups in total. The third kappa shape index (κ3) is 1.58. The monoisotopic (exact) mass is 247 g/mol. The van der Waals surface area contributed by atoms with Gasteiger partial charge in [0, 0.05) is 13.1 Å². The second-order valence-electron chi connectivity index (χ2n) is 4.68. The van der Waals surface area contributed by atoms with E-state index in [1.807, 2.05) is 0 Å². The molecule has 1 amide bonds. The van der Waals surface area contributed by atoms with E-state index in [1.165, 1.54) is 4.52 Å². The Labute approximate surface area is 104 Å². The predicted octanol–water partition coefficient (Wildman–Crippen LogP) is 1.96. The molecular weight excluding hydrogens is 233 g/mol. The Morgan fingerprint density at radius 2 is 2.28 bits per heavy atom. The van der Waals surface area contributed by atoms with Crippen LogP contribution in [0.5, 0.6) is 0 Å². The second-order valence-corrected chi connectivity index (χ2v) is 4.68. The average Bonchev–Trinajstić information content (AvgIpc) is 2.70. The lowest BCUT2D eigenvalue weighted by Crippen LogP contribution is -2.50. The van der Waals surface area contributed by atoms with Gasteiger partial charge in [-0.05, 0) is 24.5 Å². The molecule has 2 aromatic rings. The molecule has 0 spiro atoms. The molecule has 0 radical (unpaired) electrons. The summed E-state index contributed by atoms with van der Waals surface area (Å²) >= 11 is 0. The summed E-state index contributed by atoms with van der Waals surface area (Å²) in [6.45, 7) is 3.70. The Morgan fingerprint density at radius 3 is 3.00 bits per heavy atom. The van der Waals surface area contributed by atoms with Gasteiger partial charge in [-0.3, -0.25) is 4.79 Å². The first-order valence-electron chi connectivity index (χ1n) is 6.12. The number of aromatic nitrogens is 2. The number of likely N-dealkylation sites (tertiary alicyclic amines) is 1. The van der Waals surface area contributed by atoms with Crippen LogP contribution in [0.3, 0.4) is 0 Å². The third-order valence-electron chi connectivity index (χ3n) is 3.54. The van der Waals surface area contributed by atoms with Crippen LogP contribution in [0.25, 0.3) is 5.52 Å². The highest BCUT2D eigenvalue weighted by Crippen LogP contribution is 2.21. The molecule has 2 aromatic heterocycles. The zero-order valence-electron chi connectivity index (χ0n) is 10.1. The molecule has 3 rings (SSSR count). The van der Waals surface area contributed by atoms with Crippen molar-refractivity contribution in [2.24, 2.45) is 5.92 Å². The highest BCUT2D eigenvalue weighted by atomic mass is 19.1. The minimum absolute atomic E-state index is 0.0756. The molecule has 5 heteroatoms. The van der Waals surface area contributed by atoms with E-state index in [4.69, 9.17) is 0 Å². The zero-order valence-corrected chi connectivity index (χ0v) is 10.1. The van der Waals surface area contributed by atoms with Gasteiger partial charge < -0.3 is 4.90 Å². The van der Waals surface area contributed by atoms with Gasteiger partial charge >= 0.3 is 0 Å². The number of halogens is 1. The van der Waals surface area contributed by atoms with Crippen LogP contribution in [0.1, 0.15) is 23.8 Å². The Balaban J connectivity index is 1.93. The molecule has 18 heavy (non-hydrogen) atoms. The number of pyridine rings is 1. The summed E-state index contributed by atoms with van der Waals surface area (Å²) in [5, 5.41) is 3.91. The van der Waals surface area contributed by atoms with Crippen LogP contribution < -0.4 is 0 Å². The molecule has 0 atom stereocenters. The highest BCUT2D eigenvalue weighted by Gasteiger charge is 2.31. The van der Waals surface area contributed by atoms with E-state index >= 15 is 0 Å². The maximum Gasteiger partial charge on any atom is 0.272 e. The van der Waals surface area contributed by atoms with Crippen LogP contribution in [-0.4, -0.2) is 33.5 Å². The molecule has 4 nitrogen and oxygen atoms in total. The Morgan fingerprint density at radius 1 is 1.50 bits per heavy atom. The number of fused-ring (bicyclic) bond motifs is 1. The standard InChI is InChI=1S/C13H14FN3O/c1-2-9-7-16(8-9)13(18)12-5-3-4-11-10(14)6-15-17(11)12/h3-6,9H,2,7-8H2,1H3. The van der Waals surface area contributed by atoms with Gasteiger partial charge in [0.2, 0.25) is 0 Å². The fourth-order valence-corrected chi connectivity index (χ4v) is 2.30. The lowest BCUT2D eigenvalue weighted by molar-refractivity contribution is 0.0485. The van der Waals surface area contributed by atoms with Crippen molar-refractivity contribution >= 4 is 11.4 Å². The van der Waals surface area contributed by atoms with Crippen LogP contribution in [0, 0.1) is 11.7 Å². The first kappa shape index (κ1) is 11.2. The van der Waals surface area contributed by atoms with Gasteiger partial charge in [-0.2, -0.15) is 5.10 Å². The molecule has 1 aliphatic rings. The topological polar surface area (TPSA) is 37.6 Å². The van der Waals surface area contributed by atoms with Gasteiger partial charge in [0.25, 0.3) is 5.91 Å². The molecule has 0 saturated carbocycles. The Bertz CT molecular complexity index is 601. The van der Waals surface area contributed by atoms with Crippen molar-refractivity contribution in [3.63, 3.8) is 0 Å². The van der Waals surface area contributed by atoms with E-state index < -0.39 is 5.82 Å². The summed E-state index contributed by atoms with van der Waals surface area (Å²) < 4.78 is 14.8. The van der Waals surface area contributed by atoms with E-state index in [2.05, 4.69) is 12.0 Å². The van der Waals surface area contributed by atoms with E-state index in [1.54, 1.807) is 23.1 Å². The molecule has 0 bridgehead atoms. The number of hydrogen-bond acceptors (Lipinski definition) is 2. The first-order chi connectivity index (χ1) is 8.70. The summed E-state index contributed by atoms with van der Waals surface area (Å²) in [5.74, 6) is 0.121. The van der Waals surface area contributed by atoms with Gasteiger partial charge in [-0.25, -0.2) is 8.91 Å². The Hall–Kier alpha value is -1.91. The molecule has 1 aliphatic heterocycles. The van der Waals surface area contributed by atoms with Crippen molar-refractivity contribution in [1.29, 1.82) is 0 Å². The van der Waals surface area contributed by atoms with Crippen LogP contribution >= 0.6 is 0 Å². The summed E-state index contributed by atoms with van der Waals surface area (Å²) in [7, 11) is 0. The van der Waals surface area contributed by atoms with Gasteiger partial charge in [-0.1, -0.05) is 13.0 Å². The molecule has 0 aromatic carbocycles. The molecule has 0 unspecified atom stereocenters. The summed E-state index contributed by atoms with van der Waals surface area (Å²) in [6.07, 6.45) is 2.22. The molecule has 94 valence electrons. The molecule has 0 aliphatic carbocycles. The van der Waals surface area contributed by atoms with E-state index in [0.717, 1.165) is 25.7 Å². The smallest absolute Gasteiger partial charge is 0.272 e. The van der Waals surface area contributed by atoms with Crippen LogP contribution in [0.2, 0.25) is 0 Å². The molecular formula is C13H14FN3O. The van der Waals surface area contributed by atoms with Crippen molar-refractivity contribution in [2.45, 2.75) is 13.3 Å². The summed E-state index contributed by atoms with van der Waals surface area (Å²) in [6, 6.07) is 4.98. The van der Waals surface area contributed by atoms with Gasteiger partial charge in [0.15, 0.2) is 5.82 Å². The number of carbonyl (C=O) groups excluding carboxylic acids is 1. The van der Waals surface area contributed by atoms with Crippen molar-refractivity contribution in [1.82, 2.24) is 14.5 Å². The van der Waals surface area contributed by atoms with Crippen LogP contribution in [0.4, 0.5) is 4.39 Å². The normalized spacial score (nSPS) is 16.0. The summed E-state index contributed by atoms with van der Waals surface area (Å²) in [4.78, 5) is 14.0. The number of rotatable bonds is 2. The third-order valence-corrected chi connectivity index (χ3v) is 3.54. The second kappa shape index (κ2) is 4.08. The lowest BCUT2D eigenvalue weighted by atomic mass is 9.97. The first-order valence-corrected chi connectivity index (χ1v) is 6.12.